The summed E-state index contributed by atoms with van der Waals surface area (Å²) in [6, 6.07) is 0.0281. The molecule has 2 N–H and O–H groups in total. The molecule has 1 amide bonds. The first-order valence-electron chi connectivity index (χ1n) is 8.22. The van der Waals surface area contributed by atoms with Crippen molar-refractivity contribution in [2.45, 2.75) is 38.6 Å². The molecule has 1 unspecified atom stereocenters. The second-order valence-corrected chi connectivity index (χ2v) is 7.48. The van der Waals surface area contributed by atoms with E-state index in [0.29, 0.717) is 24.7 Å². The molecular weight excluding hydrogens is 292 g/mol. The van der Waals surface area contributed by atoms with E-state index in [1.165, 1.54) is 12.8 Å². The molecule has 2 aromatic heterocycles. The van der Waals surface area contributed by atoms with Crippen molar-refractivity contribution in [3.8, 4) is 0 Å². The van der Waals surface area contributed by atoms with E-state index in [0.717, 1.165) is 16.9 Å². The first-order chi connectivity index (χ1) is 11.0. The Morgan fingerprint density at radius 2 is 2.26 bits per heavy atom. The van der Waals surface area contributed by atoms with E-state index in [9.17, 15) is 4.79 Å². The van der Waals surface area contributed by atoms with Gasteiger partial charge in [-0.15, -0.1) is 0 Å². The molecular formula is C17H23N4O2+. The summed E-state index contributed by atoms with van der Waals surface area (Å²) >= 11 is 0. The third-order valence-corrected chi connectivity index (χ3v) is 5.00. The van der Waals surface area contributed by atoms with Gasteiger partial charge in [-0.1, -0.05) is 13.8 Å². The van der Waals surface area contributed by atoms with Crippen LogP contribution in [0.5, 0.6) is 0 Å². The molecule has 0 spiro atoms. The van der Waals surface area contributed by atoms with Crippen LogP contribution in [0.3, 0.4) is 0 Å². The Balaban J connectivity index is 1.66. The predicted octanol–water partition coefficient (Wildman–Crippen LogP) is 1.42. The molecule has 2 fully saturated rings. The van der Waals surface area contributed by atoms with Gasteiger partial charge in [0.1, 0.15) is 18.0 Å². The van der Waals surface area contributed by atoms with E-state index in [1.807, 2.05) is 11.6 Å². The third kappa shape index (κ3) is 2.51. The lowest BCUT2D eigenvalue weighted by Gasteiger charge is -2.25. The Labute approximate surface area is 135 Å². The number of aromatic nitrogens is 3. The Morgan fingerprint density at radius 3 is 2.91 bits per heavy atom. The molecule has 6 nitrogen and oxygen atoms in total. The van der Waals surface area contributed by atoms with Crippen LogP contribution in [-0.2, 0) is 11.8 Å². The first kappa shape index (κ1) is 14.6. The fourth-order valence-electron chi connectivity index (χ4n) is 3.20. The molecule has 1 aliphatic carbocycles. The topological polar surface area (TPSA) is 70.9 Å². The fraction of sp³-hybridized carbons (Fsp3) is 0.588. The van der Waals surface area contributed by atoms with Gasteiger partial charge in [0, 0.05) is 11.3 Å². The van der Waals surface area contributed by atoms with Gasteiger partial charge in [0.05, 0.1) is 32.0 Å². The molecule has 1 aliphatic heterocycles. The van der Waals surface area contributed by atoms with Crippen molar-refractivity contribution in [1.82, 2.24) is 15.3 Å². The Kier molecular flexibility index (Phi) is 3.20. The summed E-state index contributed by atoms with van der Waals surface area (Å²) in [6.45, 7) is 5.47. The van der Waals surface area contributed by atoms with Crippen molar-refractivity contribution in [2.24, 2.45) is 12.5 Å². The van der Waals surface area contributed by atoms with Crippen LogP contribution < -0.4 is 9.88 Å². The van der Waals surface area contributed by atoms with Crippen molar-refractivity contribution in [2.75, 3.05) is 13.2 Å². The molecule has 1 saturated carbocycles. The number of nitrogens with zero attached hydrogens (tertiary/aromatic N) is 2. The Hall–Kier alpha value is -1.95. The van der Waals surface area contributed by atoms with Gasteiger partial charge >= 0.3 is 5.65 Å². The minimum Gasteiger partial charge on any atom is -0.379 e. The number of hydrogen-bond acceptors (Lipinski definition) is 3. The van der Waals surface area contributed by atoms with Crippen LogP contribution in [-0.4, -0.2) is 35.1 Å². The zero-order chi connectivity index (χ0) is 16.2. The monoisotopic (exact) mass is 315 g/mol. The number of carbonyl (C=O) groups excluding carboxylic acids is 1. The van der Waals surface area contributed by atoms with Crippen molar-refractivity contribution >= 4 is 17.1 Å². The van der Waals surface area contributed by atoms with E-state index < -0.39 is 0 Å². The maximum Gasteiger partial charge on any atom is 0.306 e. The second-order valence-electron chi connectivity index (χ2n) is 7.48. The van der Waals surface area contributed by atoms with Crippen LogP contribution in [0, 0.1) is 5.41 Å². The number of aromatic amines is 1. The van der Waals surface area contributed by atoms with Gasteiger partial charge in [0.2, 0.25) is 0 Å². The SMILES string of the molecule is C[n+]1cc(C2CC2)nc2c(C(=O)NC3COCC3(C)C)c[nH]c21. The van der Waals surface area contributed by atoms with E-state index in [-0.39, 0.29) is 17.4 Å². The summed E-state index contributed by atoms with van der Waals surface area (Å²) in [5.74, 6) is 0.471. The van der Waals surface area contributed by atoms with Gasteiger partial charge < -0.3 is 10.1 Å². The summed E-state index contributed by atoms with van der Waals surface area (Å²) in [6.07, 6.45) is 6.20. The van der Waals surface area contributed by atoms with Gasteiger partial charge in [0.25, 0.3) is 5.91 Å². The molecule has 3 heterocycles. The highest BCUT2D eigenvalue weighted by atomic mass is 16.5. The van der Waals surface area contributed by atoms with Crippen molar-refractivity contribution in [1.29, 1.82) is 0 Å². The quantitative estimate of drug-likeness (QED) is 0.842. The Bertz CT molecular complexity index is 776. The molecule has 23 heavy (non-hydrogen) atoms. The normalized spacial score (nSPS) is 23.3. The number of rotatable bonds is 3. The highest BCUT2D eigenvalue weighted by Crippen LogP contribution is 2.39. The fourth-order valence-corrected chi connectivity index (χ4v) is 3.20. The standard InChI is InChI=1S/C17H22N4O2/c1-17(2)9-23-8-13(17)20-16(22)11-6-18-15-14(11)19-12(7-21(15)3)10-4-5-10/h6-7,10,13H,4-5,8-9H2,1-3H3,(H,20,22)/p+1. The second kappa shape index (κ2) is 5.03. The number of fused-ring (bicyclic) bond motifs is 1. The molecule has 0 radical (unpaired) electrons. The number of hydrogen-bond donors (Lipinski definition) is 2. The molecule has 2 aromatic rings. The lowest BCUT2D eigenvalue weighted by atomic mass is 9.88. The van der Waals surface area contributed by atoms with Crippen molar-refractivity contribution < 1.29 is 14.1 Å². The van der Waals surface area contributed by atoms with Gasteiger partial charge in [-0.05, 0) is 12.8 Å². The number of H-pyrrole nitrogens is 1. The lowest BCUT2D eigenvalue weighted by Crippen LogP contribution is -2.44. The number of amides is 1. The molecule has 4 rings (SSSR count). The van der Waals surface area contributed by atoms with Gasteiger partial charge in [0.15, 0.2) is 5.52 Å². The highest BCUT2D eigenvalue weighted by Gasteiger charge is 2.37. The highest BCUT2D eigenvalue weighted by molar-refractivity contribution is 6.04. The minimum absolute atomic E-state index is 0.0281. The lowest BCUT2D eigenvalue weighted by molar-refractivity contribution is -0.647. The maximum absolute atomic E-state index is 12.7. The van der Waals surface area contributed by atoms with Gasteiger partial charge in [-0.2, -0.15) is 0 Å². The zero-order valence-electron chi connectivity index (χ0n) is 13.8. The Morgan fingerprint density at radius 1 is 1.48 bits per heavy atom. The van der Waals surface area contributed by atoms with Crippen LogP contribution in [0.4, 0.5) is 0 Å². The smallest absolute Gasteiger partial charge is 0.306 e. The van der Waals surface area contributed by atoms with Crippen LogP contribution in [0.2, 0.25) is 0 Å². The van der Waals surface area contributed by atoms with Crippen molar-refractivity contribution in [3.05, 3.63) is 23.7 Å². The summed E-state index contributed by atoms with van der Waals surface area (Å²) < 4.78 is 7.54. The number of nitrogens with one attached hydrogen (secondary N) is 2. The van der Waals surface area contributed by atoms with Gasteiger partial charge in [-0.25, -0.2) is 14.5 Å². The van der Waals surface area contributed by atoms with E-state index in [4.69, 9.17) is 9.72 Å². The van der Waals surface area contributed by atoms with Crippen LogP contribution in [0.15, 0.2) is 12.4 Å². The van der Waals surface area contributed by atoms with E-state index >= 15 is 0 Å². The van der Waals surface area contributed by atoms with Gasteiger partial charge in [-0.3, -0.25) is 4.79 Å². The van der Waals surface area contributed by atoms with Crippen LogP contribution >= 0.6 is 0 Å². The maximum atomic E-state index is 12.7. The van der Waals surface area contributed by atoms with Crippen LogP contribution in [0.25, 0.3) is 11.2 Å². The number of ether oxygens (including phenoxy) is 1. The molecule has 2 aliphatic rings. The molecule has 1 atom stereocenters. The predicted molar refractivity (Wildman–Crippen MR) is 85.1 cm³/mol. The largest absolute Gasteiger partial charge is 0.379 e. The molecule has 1 saturated heterocycles. The zero-order valence-corrected chi connectivity index (χ0v) is 13.8. The molecule has 0 bridgehead atoms. The third-order valence-electron chi connectivity index (χ3n) is 5.00. The van der Waals surface area contributed by atoms with E-state index in [2.05, 4.69) is 30.3 Å². The first-order valence-corrected chi connectivity index (χ1v) is 8.22. The number of carbonyl (C=O) groups is 1. The van der Waals surface area contributed by atoms with E-state index in [1.54, 1.807) is 6.20 Å². The average molecular weight is 315 g/mol. The summed E-state index contributed by atoms with van der Waals surface area (Å²) in [5.41, 5.74) is 3.28. The minimum atomic E-state index is -0.0831. The average Bonchev–Trinajstić information content (AvgIpc) is 3.17. The van der Waals surface area contributed by atoms with Crippen molar-refractivity contribution in [3.63, 3.8) is 0 Å². The van der Waals surface area contributed by atoms with Crippen LogP contribution in [0.1, 0.15) is 48.7 Å². The summed E-state index contributed by atoms with van der Waals surface area (Å²) in [7, 11) is 1.99. The number of aryl methyl sites for hydroxylation is 1. The summed E-state index contributed by atoms with van der Waals surface area (Å²) in [5, 5.41) is 3.11. The summed E-state index contributed by atoms with van der Waals surface area (Å²) in [4.78, 5) is 20.7. The molecule has 0 aromatic carbocycles. The molecule has 122 valence electrons. The molecule has 6 heteroatoms.